The van der Waals surface area contributed by atoms with Crippen LogP contribution < -0.4 is 0 Å². The lowest BCUT2D eigenvalue weighted by Gasteiger charge is -2.60. The fourth-order valence-corrected chi connectivity index (χ4v) is 8.25. The van der Waals surface area contributed by atoms with Crippen molar-refractivity contribution in [1.82, 2.24) is 0 Å². The number of fused-ring (bicyclic) bond motifs is 5. The fraction of sp³-hybridized carbons (Fsp3) is 0.710. The van der Waals surface area contributed by atoms with Crippen molar-refractivity contribution in [2.45, 2.75) is 104 Å². The number of hydrogen-bond donors (Lipinski definition) is 2. The molecule has 0 amide bonds. The summed E-state index contributed by atoms with van der Waals surface area (Å²) in [4.78, 5) is 64.2. The van der Waals surface area contributed by atoms with Crippen LogP contribution in [0.5, 0.6) is 0 Å². The first kappa shape index (κ1) is 31.1. The van der Waals surface area contributed by atoms with E-state index in [0.29, 0.717) is 12.8 Å². The molecule has 3 fully saturated rings. The van der Waals surface area contributed by atoms with E-state index < -0.39 is 52.2 Å². The van der Waals surface area contributed by atoms with Crippen LogP contribution in [0, 0.1) is 34.5 Å². The molecule has 2 N–H and O–H groups in total. The number of allylic oxidation sites excluding steroid dienone is 4. The van der Waals surface area contributed by atoms with Gasteiger partial charge < -0.3 is 24.4 Å². The van der Waals surface area contributed by atoms with E-state index in [1.165, 1.54) is 26.8 Å². The van der Waals surface area contributed by atoms with Crippen LogP contribution in [0.2, 0.25) is 0 Å². The third-order valence-electron chi connectivity index (χ3n) is 10.2. The summed E-state index contributed by atoms with van der Waals surface area (Å²) in [7, 11) is 0. The van der Waals surface area contributed by atoms with Crippen molar-refractivity contribution in [3.63, 3.8) is 0 Å². The Morgan fingerprint density at radius 3 is 2.05 bits per heavy atom. The maximum absolute atomic E-state index is 14.4. The van der Waals surface area contributed by atoms with Crippen LogP contribution in [0.4, 0.5) is 0 Å². The number of carbonyl (C=O) groups is 5. The molecule has 0 bridgehead atoms. The molecule has 0 aromatic carbocycles. The van der Waals surface area contributed by atoms with Crippen LogP contribution in [0.25, 0.3) is 0 Å². The van der Waals surface area contributed by atoms with Crippen molar-refractivity contribution in [2.75, 3.05) is 0 Å². The van der Waals surface area contributed by atoms with Crippen molar-refractivity contribution in [2.24, 2.45) is 34.5 Å². The first-order valence-electron chi connectivity index (χ1n) is 14.7. The molecule has 226 valence electrons. The van der Waals surface area contributed by atoms with Crippen molar-refractivity contribution in [1.29, 1.82) is 0 Å². The van der Waals surface area contributed by atoms with Gasteiger partial charge in [0.1, 0.15) is 5.60 Å². The number of aliphatic hydroxyl groups excluding tert-OH is 1. The lowest BCUT2D eigenvalue weighted by molar-refractivity contribution is -0.319. The van der Waals surface area contributed by atoms with Crippen molar-refractivity contribution in [3.05, 3.63) is 23.8 Å². The lowest BCUT2D eigenvalue weighted by Crippen LogP contribution is -2.67. The van der Waals surface area contributed by atoms with Crippen LogP contribution in [-0.2, 0) is 38.2 Å². The van der Waals surface area contributed by atoms with Gasteiger partial charge in [-0.2, -0.15) is 0 Å². The average molecular weight is 575 g/mol. The van der Waals surface area contributed by atoms with Gasteiger partial charge >= 0.3 is 23.9 Å². The van der Waals surface area contributed by atoms with Gasteiger partial charge in [-0.25, -0.2) is 0 Å². The third kappa shape index (κ3) is 4.76. The molecule has 8 atom stereocenters. The van der Waals surface area contributed by atoms with Gasteiger partial charge in [0.15, 0.2) is 5.78 Å². The summed E-state index contributed by atoms with van der Waals surface area (Å²) >= 11 is 0. The SMILES string of the molecule is CCC(=O)OC(OC(=O)CC)(OC(=O)CC)C(=O)[C@@]1(O)CC[C@H]2[C@@H]3CC(C)C4=CC(=O)C=C[C@]4(C)[C@H]3C(O)C[C@@]21C. The molecule has 2 unspecified atom stereocenters. The lowest BCUT2D eigenvalue weighted by atomic mass is 9.44. The molecule has 0 aromatic rings. The molecule has 0 saturated heterocycles. The van der Waals surface area contributed by atoms with Gasteiger partial charge in [-0.15, -0.1) is 0 Å². The Morgan fingerprint density at radius 1 is 1.00 bits per heavy atom. The summed E-state index contributed by atoms with van der Waals surface area (Å²) in [6.45, 7) is 10.2. The number of rotatable bonds is 8. The molecule has 0 radical (unpaired) electrons. The molecule has 0 heterocycles. The predicted octanol–water partition coefficient (Wildman–Crippen LogP) is 3.32. The summed E-state index contributed by atoms with van der Waals surface area (Å²) in [6.07, 6.45) is 4.44. The number of carbonyl (C=O) groups excluding carboxylic acids is 5. The van der Waals surface area contributed by atoms with Gasteiger partial charge in [0.2, 0.25) is 0 Å². The number of aliphatic hydroxyl groups is 2. The van der Waals surface area contributed by atoms with Gasteiger partial charge in [0, 0.05) is 36.0 Å². The number of esters is 3. The first-order valence-corrected chi connectivity index (χ1v) is 14.7. The van der Waals surface area contributed by atoms with E-state index in [9.17, 15) is 34.2 Å². The second kappa shape index (κ2) is 10.8. The van der Waals surface area contributed by atoms with Crippen molar-refractivity contribution >= 4 is 29.5 Å². The number of ether oxygens (including phenoxy) is 3. The molecule has 10 heteroatoms. The minimum absolute atomic E-state index is 0.0152. The van der Waals surface area contributed by atoms with Gasteiger partial charge in [0.25, 0.3) is 5.78 Å². The molecule has 4 aliphatic rings. The Bertz CT molecular complexity index is 1160. The van der Waals surface area contributed by atoms with Gasteiger partial charge in [-0.3, -0.25) is 24.0 Å². The largest absolute Gasteiger partial charge is 0.491 e. The Hall–Kier alpha value is -2.85. The summed E-state index contributed by atoms with van der Waals surface area (Å²) in [6, 6.07) is 0. The summed E-state index contributed by atoms with van der Waals surface area (Å²) in [5, 5.41) is 24.0. The van der Waals surface area contributed by atoms with Crippen LogP contribution in [0.1, 0.15) is 86.5 Å². The van der Waals surface area contributed by atoms with Gasteiger partial charge in [-0.1, -0.05) is 53.2 Å². The van der Waals surface area contributed by atoms with Gasteiger partial charge in [0.05, 0.1) is 6.10 Å². The summed E-state index contributed by atoms with van der Waals surface area (Å²) < 4.78 is 15.9. The van der Waals surface area contributed by atoms with E-state index >= 15 is 0 Å². The fourth-order valence-electron chi connectivity index (χ4n) is 8.25. The molecule has 10 nitrogen and oxygen atoms in total. The summed E-state index contributed by atoms with van der Waals surface area (Å²) in [5.41, 5.74) is -3.10. The molecule has 4 rings (SSSR count). The minimum atomic E-state index is -3.10. The zero-order chi connectivity index (χ0) is 30.5. The molecule has 41 heavy (non-hydrogen) atoms. The standard InChI is InChI=1S/C31H42O10/c1-7-23(34)39-31(40-24(35)8-2,41-25(36)9-3)27(37)30(38)13-11-20-19-14-17(4)21-15-18(32)10-12-28(21,5)26(19)22(33)16-29(20,30)6/h10,12,15,17,19-20,22,26,33,38H,7-9,11,13-14,16H2,1-6H3/t17?,19-,20-,22?,26+,28-,29-,30-/m0/s1. The molecule has 0 aliphatic heterocycles. The van der Waals surface area contributed by atoms with Crippen LogP contribution >= 0.6 is 0 Å². The smallest absolute Gasteiger partial charge is 0.393 e. The molecular weight excluding hydrogens is 532 g/mol. The zero-order valence-electron chi connectivity index (χ0n) is 24.7. The van der Waals surface area contributed by atoms with E-state index in [-0.39, 0.29) is 61.6 Å². The van der Waals surface area contributed by atoms with Crippen LogP contribution in [-0.4, -0.2) is 57.4 Å². The highest BCUT2D eigenvalue weighted by Gasteiger charge is 2.73. The maximum atomic E-state index is 14.4. The highest BCUT2D eigenvalue weighted by atomic mass is 16.9. The maximum Gasteiger partial charge on any atom is 0.491 e. The Morgan fingerprint density at radius 2 is 1.54 bits per heavy atom. The van der Waals surface area contributed by atoms with Crippen LogP contribution in [0.15, 0.2) is 23.8 Å². The molecule has 0 spiro atoms. The van der Waals surface area contributed by atoms with Crippen molar-refractivity contribution in [3.8, 4) is 0 Å². The van der Waals surface area contributed by atoms with Gasteiger partial charge in [-0.05, 0) is 55.6 Å². The van der Waals surface area contributed by atoms with E-state index in [1.54, 1.807) is 13.0 Å². The topological polar surface area (TPSA) is 154 Å². The Balaban J connectivity index is 1.79. The number of Topliss-reactive ketones (excluding diaryl/α,β-unsaturated/α-hetero) is 1. The minimum Gasteiger partial charge on any atom is -0.393 e. The molecular formula is C31H42O10. The van der Waals surface area contributed by atoms with Crippen LogP contribution in [0.3, 0.4) is 0 Å². The average Bonchev–Trinajstić information content (AvgIpc) is 3.19. The predicted molar refractivity (Wildman–Crippen MR) is 144 cm³/mol. The first-order chi connectivity index (χ1) is 19.1. The molecule has 3 saturated carbocycles. The summed E-state index contributed by atoms with van der Waals surface area (Å²) in [5.74, 6) is -7.94. The number of ketones is 2. The normalized spacial score (nSPS) is 37.7. The Kier molecular flexibility index (Phi) is 8.17. The van der Waals surface area contributed by atoms with E-state index in [1.807, 2.05) is 19.9 Å². The van der Waals surface area contributed by atoms with E-state index in [2.05, 4.69) is 0 Å². The highest BCUT2D eigenvalue weighted by molar-refractivity contribution is 6.01. The monoisotopic (exact) mass is 574 g/mol. The molecule has 0 aromatic heterocycles. The molecule has 4 aliphatic carbocycles. The highest BCUT2D eigenvalue weighted by Crippen LogP contribution is 2.68. The second-order valence-corrected chi connectivity index (χ2v) is 12.5. The Labute approximate surface area is 240 Å². The van der Waals surface area contributed by atoms with E-state index in [4.69, 9.17) is 14.2 Å². The third-order valence-corrected chi connectivity index (χ3v) is 10.2. The van der Waals surface area contributed by atoms with E-state index in [0.717, 1.165) is 5.57 Å². The van der Waals surface area contributed by atoms with Crippen molar-refractivity contribution < 1.29 is 48.4 Å². The zero-order valence-corrected chi connectivity index (χ0v) is 24.7. The number of hydrogen-bond acceptors (Lipinski definition) is 10. The second-order valence-electron chi connectivity index (χ2n) is 12.5. The quantitative estimate of drug-likeness (QED) is 0.326.